The van der Waals surface area contributed by atoms with Crippen LogP contribution in [0.3, 0.4) is 0 Å². The Morgan fingerprint density at radius 3 is 2.15 bits per heavy atom. The van der Waals surface area contributed by atoms with Crippen molar-refractivity contribution in [3.63, 3.8) is 0 Å². The van der Waals surface area contributed by atoms with Gasteiger partial charge in [-0.1, -0.05) is 41.5 Å². The van der Waals surface area contributed by atoms with Crippen molar-refractivity contribution >= 4 is 23.7 Å². The maximum Gasteiger partial charge on any atom is 0.184 e. The van der Waals surface area contributed by atoms with Gasteiger partial charge in [0.2, 0.25) is 0 Å². The molecule has 0 aliphatic heterocycles. The molecule has 0 saturated carbocycles. The van der Waals surface area contributed by atoms with Gasteiger partial charge in [0.15, 0.2) is 12.0 Å². The first-order chi connectivity index (χ1) is 12.5. The van der Waals surface area contributed by atoms with E-state index in [1.807, 2.05) is 24.4 Å². The van der Waals surface area contributed by atoms with Crippen molar-refractivity contribution in [2.45, 2.75) is 59.3 Å². The highest BCUT2D eigenvalue weighted by molar-refractivity contribution is 7.10. The highest BCUT2D eigenvalue weighted by Crippen LogP contribution is 2.42. The van der Waals surface area contributed by atoms with Gasteiger partial charge in [0.1, 0.15) is 10.8 Å². The number of carbonyl (C=O) groups is 1. The molecule has 2 rings (SSSR count). The molecular weight excluding hydrogens is 358 g/mol. The van der Waals surface area contributed by atoms with Crippen LogP contribution in [0.4, 0.5) is 0 Å². The van der Waals surface area contributed by atoms with Gasteiger partial charge in [0.05, 0.1) is 12.3 Å². The summed E-state index contributed by atoms with van der Waals surface area (Å²) in [6.07, 6.45) is 2.35. The van der Waals surface area contributed by atoms with Crippen LogP contribution in [0.15, 0.2) is 23.3 Å². The zero-order valence-electron chi connectivity index (χ0n) is 17.2. The smallest absolute Gasteiger partial charge is 0.184 e. The van der Waals surface area contributed by atoms with Gasteiger partial charge in [-0.15, -0.1) is 11.3 Å². The van der Waals surface area contributed by atoms with Crippen molar-refractivity contribution in [1.29, 1.82) is 0 Å². The number of aromatic hydroxyl groups is 1. The van der Waals surface area contributed by atoms with Crippen LogP contribution in [-0.4, -0.2) is 23.0 Å². The van der Waals surface area contributed by atoms with Crippen molar-refractivity contribution in [3.05, 3.63) is 39.4 Å². The summed E-state index contributed by atoms with van der Waals surface area (Å²) in [6.45, 7) is 14.8. The summed E-state index contributed by atoms with van der Waals surface area (Å²) >= 11 is 1.46. The van der Waals surface area contributed by atoms with E-state index in [-0.39, 0.29) is 16.6 Å². The number of aromatic nitrogens is 1. The van der Waals surface area contributed by atoms with E-state index in [0.717, 1.165) is 22.4 Å². The molecule has 0 bridgehead atoms. The highest BCUT2D eigenvalue weighted by atomic mass is 32.1. The lowest BCUT2D eigenvalue weighted by molar-refractivity contribution is -0.107. The van der Waals surface area contributed by atoms with Crippen molar-refractivity contribution in [1.82, 2.24) is 4.98 Å². The fourth-order valence-corrected chi connectivity index (χ4v) is 3.57. The van der Waals surface area contributed by atoms with E-state index < -0.39 is 0 Å². The van der Waals surface area contributed by atoms with Crippen LogP contribution >= 0.6 is 11.3 Å². The quantitative estimate of drug-likeness (QED) is 0.407. The van der Waals surface area contributed by atoms with Crippen LogP contribution in [0.25, 0.3) is 17.3 Å². The monoisotopic (exact) mass is 387 g/mol. The van der Waals surface area contributed by atoms with Crippen molar-refractivity contribution in [2.24, 2.45) is 0 Å². The average molecular weight is 388 g/mol. The number of aldehydes is 1. The zero-order chi connectivity index (χ0) is 20.4. The minimum Gasteiger partial charge on any atom is -0.507 e. The topological polar surface area (TPSA) is 59.4 Å². The molecule has 0 amide bonds. The molecule has 1 aromatic heterocycles. The molecule has 4 nitrogen and oxygen atoms in total. The van der Waals surface area contributed by atoms with Crippen LogP contribution in [0.1, 0.15) is 64.6 Å². The molecule has 0 saturated heterocycles. The summed E-state index contributed by atoms with van der Waals surface area (Å²) in [7, 11) is 0. The Morgan fingerprint density at radius 2 is 1.70 bits per heavy atom. The lowest BCUT2D eigenvalue weighted by atomic mass is 9.78. The molecular formula is C22H29NO3S. The molecule has 1 aromatic carbocycles. The number of hydrogen-bond donors (Lipinski definition) is 1. The maximum atomic E-state index is 11.1. The predicted molar refractivity (Wildman–Crippen MR) is 112 cm³/mol. The van der Waals surface area contributed by atoms with Crippen molar-refractivity contribution < 1.29 is 14.6 Å². The van der Waals surface area contributed by atoms with Gasteiger partial charge in [-0.2, -0.15) is 0 Å². The number of nitrogens with zero attached hydrogens (tertiary/aromatic N) is 1. The second kappa shape index (κ2) is 7.85. The molecule has 0 atom stereocenters. The third-order valence-corrected chi connectivity index (χ3v) is 5.03. The van der Waals surface area contributed by atoms with Crippen LogP contribution in [-0.2, 0) is 20.4 Å². The van der Waals surface area contributed by atoms with E-state index in [2.05, 4.69) is 46.5 Å². The highest BCUT2D eigenvalue weighted by Gasteiger charge is 2.27. The number of allylic oxidation sites excluding steroid dienone is 1. The molecule has 2 aromatic rings. The molecule has 0 aliphatic rings. The first kappa shape index (κ1) is 21.2. The summed E-state index contributed by atoms with van der Waals surface area (Å²) in [6, 6.07) is 4.02. The van der Waals surface area contributed by atoms with E-state index in [1.165, 1.54) is 11.3 Å². The number of ether oxygens (including phenoxy) is 1. The summed E-state index contributed by atoms with van der Waals surface area (Å²) in [5, 5.41) is 13.5. The number of phenols is 1. The number of thiazole rings is 1. The van der Waals surface area contributed by atoms with Gasteiger partial charge in [-0.25, -0.2) is 4.98 Å². The fourth-order valence-electron chi connectivity index (χ4n) is 2.81. The SMILES string of the molecule is CCO/C(C=O)=C\c1nc(-c2cc(C(C)(C)C)c(O)c(C(C)(C)C)c2)cs1. The standard InChI is InChI=1S/C22H29NO3S/c1-8-26-15(12-24)11-19-23-18(13-27-19)14-9-16(21(2,3)4)20(25)17(10-14)22(5,6)7/h9-13,25H,8H2,1-7H3/b15-11-. The van der Waals surface area contributed by atoms with Crippen molar-refractivity contribution in [3.8, 4) is 17.0 Å². The third-order valence-electron chi connectivity index (χ3n) is 4.24. The molecule has 146 valence electrons. The summed E-state index contributed by atoms with van der Waals surface area (Å²) < 4.78 is 5.28. The van der Waals surface area contributed by atoms with E-state index in [4.69, 9.17) is 4.74 Å². The van der Waals surface area contributed by atoms with Gasteiger partial charge >= 0.3 is 0 Å². The molecule has 1 heterocycles. The summed E-state index contributed by atoms with van der Waals surface area (Å²) in [5.74, 6) is 0.628. The Balaban J connectivity index is 2.58. The Bertz CT molecular complexity index is 816. The van der Waals surface area contributed by atoms with Gasteiger partial charge in [0, 0.05) is 28.1 Å². The normalized spacial score (nSPS) is 12.9. The van der Waals surface area contributed by atoms with Gasteiger partial charge in [-0.3, -0.25) is 4.79 Å². The van der Waals surface area contributed by atoms with Gasteiger partial charge in [-0.05, 0) is 29.9 Å². The first-order valence-corrected chi connectivity index (χ1v) is 9.99. The number of rotatable bonds is 5. The molecule has 5 heteroatoms. The molecule has 0 fully saturated rings. The molecule has 0 radical (unpaired) electrons. The zero-order valence-corrected chi connectivity index (χ0v) is 18.0. The van der Waals surface area contributed by atoms with Gasteiger partial charge < -0.3 is 9.84 Å². The fraction of sp³-hybridized carbons (Fsp3) is 0.455. The van der Waals surface area contributed by atoms with E-state index in [9.17, 15) is 9.90 Å². The van der Waals surface area contributed by atoms with Crippen LogP contribution < -0.4 is 0 Å². The Kier molecular flexibility index (Phi) is 6.15. The Morgan fingerprint density at radius 1 is 1.15 bits per heavy atom. The number of carbonyl (C=O) groups excluding carboxylic acids is 1. The first-order valence-electron chi connectivity index (χ1n) is 9.11. The third kappa shape index (κ3) is 4.98. The largest absolute Gasteiger partial charge is 0.507 e. The number of phenolic OH excluding ortho intramolecular Hbond substituents is 1. The maximum absolute atomic E-state index is 11.1. The second-order valence-electron chi connectivity index (χ2n) is 8.59. The predicted octanol–water partition coefficient (Wildman–Crippen LogP) is 5.69. The average Bonchev–Trinajstić information content (AvgIpc) is 3.01. The molecule has 27 heavy (non-hydrogen) atoms. The Labute approximate surface area is 165 Å². The molecule has 0 spiro atoms. The van der Waals surface area contributed by atoms with Crippen LogP contribution in [0, 0.1) is 0 Å². The minimum absolute atomic E-state index is 0.196. The number of hydrogen-bond acceptors (Lipinski definition) is 5. The summed E-state index contributed by atoms with van der Waals surface area (Å²) in [5.41, 5.74) is 3.19. The van der Waals surface area contributed by atoms with Crippen molar-refractivity contribution in [2.75, 3.05) is 6.61 Å². The van der Waals surface area contributed by atoms with E-state index >= 15 is 0 Å². The molecule has 0 aliphatic carbocycles. The van der Waals surface area contributed by atoms with E-state index in [0.29, 0.717) is 23.7 Å². The second-order valence-corrected chi connectivity index (χ2v) is 9.48. The molecule has 0 unspecified atom stereocenters. The lowest BCUT2D eigenvalue weighted by Gasteiger charge is -2.28. The van der Waals surface area contributed by atoms with E-state index in [1.54, 1.807) is 6.08 Å². The van der Waals surface area contributed by atoms with Crippen LogP contribution in [0.5, 0.6) is 5.75 Å². The Hall–Kier alpha value is -2.14. The minimum atomic E-state index is -0.196. The van der Waals surface area contributed by atoms with Gasteiger partial charge in [0.25, 0.3) is 0 Å². The van der Waals surface area contributed by atoms with Crippen LogP contribution in [0.2, 0.25) is 0 Å². The molecule has 1 N–H and O–H groups in total. The number of benzene rings is 1. The summed E-state index contributed by atoms with van der Waals surface area (Å²) in [4.78, 5) is 15.7. The lowest BCUT2D eigenvalue weighted by Crippen LogP contribution is -2.17.